The van der Waals surface area contributed by atoms with Crippen LogP contribution in [0.3, 0.4) is 0 Å². The molecule has 3 N–H and O–H groups in total. The van der Waals surface area contributed by atoms with Gasteiger partial charge in [0.25, 0.3) is 0 Å². The minimum absolute atomic E-state index is 0.417. The van der Waals surface area contributed by atoms with Crippen LogP contribution in [0.15, 0.2) is 39.5 Å². The number of aromatic amines is 1. The Morgan fingerprint density at radius 3 is 2.70 bits per heavy atom. The van der Waals surface area contributed by atoms with E-state index in [0.717, 1.165) is 16.9 Å². The van der Waals surface area contributed by atoms with Gasteiger partial charge in [0.2, 0.25) is 0 Å². The van der Waals surface area contributed by atoms with Crippen molar-refractivity contribution < 1.29 is 9.15 Å². The second-order valence-electron chi connectivity index (χ2n) is 4.77. The lowest BCUT2D eigenvalue weighted by atomic mass is 10.1. The van der Waals surface area contributed by atoms with E-state index in [2.05, 4.69) is 4.98 Å². The predicted molar refractivity (Wildman–Crippen MR) is 77.2 cm³/mol. The van der Waals surface area contributed by atoms with Gasteiger partial charge in [0.1, 0.15) is 5.75 Å². The maximum absolute atomic E-state index is 11.2. The summed E-state index contributed by atoms with van der Waals surface area (Å²) >= 11 is 0. The number of oxazole rings is 1. The zero-order valence-corrected chi connectivity index (χ0v) is 11.2. The molecule has 0 unspecified atom stereocenters. The van der Waals surface area contributed by atoms with Crippen LogP contribution in [0.5, 0.6) is 11.5 Å². The summed E-state index contributed by atoms with van der Waals surface area (Å²) in [6, 6.07) is 9.13. The number of nitrogens with two attached hydrogens (primary N) is 1. The molecule has 3 rings (SSSR count). The van der Waals surface area contributed by atoms with Crippen LogP contribution >= 0.6 is 0 Å². The molecular formula is C15H14N2O3. The van der Waals surface area contributed by atoms with Gasteiger partial charge in [-0.25, -0.2) is 4.79 Å². The van der Waals surface area contributed by atoms with Gasteiger partial charge in [-0.1, -0.05) is 17.7 Å². The van der Waals surface area contributed by atoms with Crippen molar-refractivity contribution in [3.05, 3.63) is 52.0 Å². The van der Waals surface area contributed by atoms with Gasteiger partial charge < -0.3 is 14.9 Å². The highest BCUT2D eigenvalue weighted by Gasteiger charge is 2.10. The minimum Gasteiger partial charge on any atom is -0.455 e. The van der Waals surface area contributed by atoms with E-state index in [1.165, 1.54) is 0 Å². The number of nitrogens with one attached hydrogen (secondary N) is 1. The molecule has 5 heteroatoms. The second kappa shape index (κ2) is 4.45. The van der Waals surface area contributed by atoms with Gasteiger partial charge in [-0.3, -0.25) is 4.98 Å². The van der Waals surface area contributed by atoms with Crippen molar-refractivity contribution >= 4 is 16.8 Å². The molecule has 20 heavy (non-hydrogen) atoms. The topological polar surface area (TPSA) is 81.2 Å². The quantitative estimate of drug-likeness (QED) is 0.701. The zero-order chi connectivity index (χ0) is 14.3. The van der Waals surface area contributed by atoms with Gasteiger partial charge in [0, 0.05) is 12.1 Å². The maximum Gasteiger partial charge on any atom is 0.417 e. The van der Waals surface area contributed by atoms with Crippen LogP contribution in [-0.4, -0.2) is 4.98 Å². The molecular weight excluding hydrogens is 256 g/mol. The molecule has 102 valence electrons. The molecule has 0 atom stereocenters. The fourth-order valence-corrected chi connectivity index (χ4v) is 2.11. The van der Waals surface area contributed by atoms with Crippen LogP contribution in [0, 0.1) is 13.8 Å². The molecule has 0 radical (unpaired) electrons. The zero-order valence-electron chi connectivity index (χ0n) is 11.2. The third-order valence-electron chi connectivity index (χ3n) is 3.10. The van der Waals surface area contributed by atoms with Crippen LogP contribution < -0.4 is 16.2 Å². The monoisotopic (exact) mass is 270 g/mol. The maximum atomic E-state index is 11.2. The van der Waals surface area contributed by atoms with E-state index in [9.17, 15) is 4.79 Å². The highest BCUT2D eigenvalue weighted by atomic mass is 16.5. The lowest BCUT2D eigenvalue weighted by Gasteiger charge is -2.11. The first-order valence-corrected chi connectivity index (χ1v) is 6.20. The largest absolute Gasteiger partial charge is 0.455 e. The van der Waals surface area contributed by atoms with E-state index < -0.39 is 5.76 Å². The van der Waals surface area contributed by atoms with E-state index in [0.29, 0.717) is 22.5 Å². The van der Waals surface area contributed by atoms with Crippen molar-refractivity contribution in [3.8, 4) is 11.5 Å². The standard InChI is InChI=1S/C15H14N2O3/c1-8-3-4-12(9(2)5-8)19-13-7-11-14(6-10(13)16)20-15(18)17-11/h3-7H,16H2,1-2H3,(H,17,18). The summed E-state index contributed by atoms with van der Waals surface area (Å²) in [5, 5.41) is 0. The van der Waals surface area contributed by atoms with Gasteiger partial charge in [-0.15, -0.1) is 0 Å². The van der Waals surface area contributed by atoms with Crippen molar-refractivity contribution in [2.75, 3.05) is 5.73 Å². The van der Waals surface area contributed by atoms with Crippen molar-refractivity contribution in [1.82, 2.24) is 4.98 Å². The van der Waals surface area contributed by atoms with Gasteiger partial charge in [-0.05, 0) is 25.5 Å². The van der Waals surface area contributed by atoms with Crippen molar-refractivity contribution in [3.63, 3.8) is 0 Å². The lowest BCUT2D eigenvalue weighted by molar-refractivity contribution is 0.481. The Bertz CT molecular complexity index is 846. The number of anilines is 1. The number of hydrogen-bond acceptors (Lipinski definition) is 4. The number of ether oxygens (including phenoxy) is 1. The van der Waals surface area contributed by atoms with Crippen LogP contribution in [0.1, 0.15) is 11.1 Å². The first-order chi connectivity index (χ1) is 9.52. The number of hydrogen-bond donors (Lipinski definition) is 2. The molecule has 0 saturated carbocycles. The van der Waals surface area contributed by atoms with E-state index in [1.54, 1.807) is 12.1 Å². The third kappa shape index (κ3) is 2.14. The third-order valence-corrected chi connectivity index (χ3v) is 3.10. The lowest BCUT2D eigenvalue weighted by Crippen LogP contribution is -1.94. The average Bonchev–Trinajstić information content (AvgIpc) is 2.72. The molecule has 2 aromatic carbocycles. The molecule has 1 heterocycles. The first kappa shape index (κ1) is 12.3. The molecule has 5 nitrogen and oxygen atoms in total. The highest BCUT2D eigenvalue weighted by Crippen LogP contribution is 2.32. The summed E-state index contributed by atoms with van der Waals surface area (Å²) in [7, 11) is 0. The molecule has 0 amide bonds. The van der Waals surface area contributed by atoms with E-state index in [-0.39, 0.29) is 0 Å². The van der Waals surface area contributed by atoms with Crippen molar-refractivity contribution in [1.29, 1.82) is 0 Å². The summed E-state index contributed by atoms with van der Waals surface area (Å²) in [5.74, 6) is 0.706. The Balaban J connectivity index is 2.05. The number of fused-ring (bicyclic) bond motifs is 1. The van der Waals surface area contributed by atoms with Crippen LogP contribution in [0.2, 0.25) is 0 Å². The molecule has 0 aliphatic rings. The van der Waals surface area contributed by atoms with Crippen LogP contribution in [0.4, 0.5) is 5.69 Å². The molecule has 0 spiro atoms. The fraction of sp³-hybridized carbons (Fsp3) is 0.133. The van der Waals surface area contributed by atoms with E-state index in [1.807, 2.05) is 32.0 Å². The number of rotatable bonds is 2. The number of aromatic nitrogens is 1. The average molecular weight is 270 g/mol. The Hall–Kier alpha value is -2.69. The Morgan fingerprint density at radius 2 is 1.95 bits per heavy atom. The Labute approximate surface area is 115 Å². The first-order valence-electron chi connectivity index (χ1n) is 6.20. The summed E-state index contributed by atoms with van der Waals surface area (Å²) in [6.07, 6.45) is 0. The van der Waals surface area contributed by atoms with Crippen molar-refractivity contribution in [2.24, 2.45) is 0 Å². The van der Waals surface area contributed by atoms with Gasteiger partial charge in [0.05, 0.1) is 11.2 Å². The second-order valence-corrected chi connectivity index (χ2v) is 4.77. The summed E-state index contributed by atoms with van der Waals surface area (Å²) < 4.78 is 10.8. The Morgan fingerprint density at radius 1 is 1.15 bits per heavy atom. The van der Waals surface area contributed by atoms with Gasteiger partial charge in [-0.2, -0.15) is 0 Å². The van der Waals surface area contributed by atoms with Crippen LogP contribution in [0.25, 0.3) is 11.1 Å². The normalized spacial score (nSPS) is 10.9. The smallest absolute Gasteiger partial charge is 0.417 e. The predicted octanol–water partition coefficient (Wildman–Crippen LogP) is 3.11. The molecule has 1 aromatic heterocycles. The summed E-state index contributed by atoms with van der Waals surface area (Å²) in [4.78, 5) is 13.7. The SMILES string of the molecule is Cc1ccc(Oc2cc3[nH]c(=O)oc3cc2N)c(C)c1. The van der Waals surface area contributed by atoms with Gasteiger partial charge in [0.15, 0.2) is 11.3 Å². The van der Waals surface area contributed by atoms with E-state index >= 15 is 0 Å². The molecule has 3 aromatic rings. The van der Waals surface area contributed by atoms with E-state index in [4.69, 9.17) is 14.9 Å². The number of nitrogen functional groups attached to an aromatic ring is 1. The Kier molecular flexibility index (Phi) is 2.75. The molecule has 0 aliphatic heterocycles. The molecule has 0 bridgehead atoms. The number of aryl methyl sites for hydroxylation is 2. The minimum atomic E-state index is -0.511. The number of H-pyrrole nitrogens is 1. The molecule has 0 aliphatic carbocycles. The molecule has 0 fully saturated rings. The van der Waals surface area contributed by atoms with Crippen LogP contribution in [-0.2, 0) is 0 Å². The summed E-state index contributed by atoms with van der Waals surface area (Å²) in [5.41, 5.74) is 9.50. The summed E-state index contributed by atoms with van der Waals surface area (Å²) in [6.45, 7) is 3.99. The van der Waals surface area contributed by atoms with Gasteiger partial charge >= 0.3 is 5.76 Å². The fourth-order valence-electron chi connectivity index (χ4n) is 2.11. The molecule has 0 saturated heterocycles. The van der Waals surface area contributed by atoms with Crippen molar-refractivity contribution in [2.45, 2.75) is 13.8 Å². The highest BCUT2D eigenvalue weighted by molar-refractivity contribution is 5.80. The number of benzene rings is 2.